The summed E-state index contributed by atoms with van der Waals surface area (Å²) in [5, 5.41) is 0.789. The summed E-state index contributed by atoms with van der Waals surface area (Å²) in [5.41, 5.74) is 7.60. The van der Waals surface area contributed by atoms with E-state index in [1.165, 1.54) is 30.0 Å². The van der Waals surface area contributed by atoms with E-state index in [9.17, 15) is 0 Å². The van der Waals surface area contributed by atoms with Gasteiger partial charge in [-0.15, -0.1) is 0 Å². The Hall–Kier alpha value is -0.380. The maximum atomic E-state index is 6.18. The van der Waals surface area contributed by atoms with Crippen LogP contribution < -0.4 is 5.73 Å². The maximum absolute atomic E-state index is 6.18. The van der Waals surface area contributed by atoms with E-state index >= 15 is 0 Å². The van der Waals surface area contributed by atoms with Gasteiger partial charge in [-0.05, 0) is 36.4 Å². The Bertz CT molecular complexity index is 349. The van der Waals surface area contributed by atoms with Crippen LogP contribution in [-0.2, 0) is 6.54 Å². The topological polar surface area (TPSA) is 29.3 Å². The molecule has 16 heavy (non-hydrogen) atoms. The van der Waals surface area contributed by atoms with Gasteiger partial charge >= 0.3 is 0 Å². The Morgan fingerprint density at radius 3 is 3.00 bits per heavy atom. The first-order valence-electron chi connectivity index (χ1n) is 5.60. The van der Waals surface area contributed by atoms with Crippen molar-refractivity contribution in [1.82, 2.24) is 4.90 Å². The predicted molar refractivity (Wildman–Crippen MR) is 73.1 cm³/mol. The molecule has 0 atom stereocenters. The molecule has 0 saturated carbocycles. The van der Waals surface area contributed by atoms with Crippen molar-refractivity contribution in [1.29, 1.82) is 0 Å². The molecule has 0 bridgehead atoms. The number of hydrogen-bond acceptors (Lipinski definition) is 3. The molecule has 1 aliphatic heterocycles. The molecule has 2 N–H and O–H groups in total. The van der Waals surface area contributed by atoms with Crippen molar-refractivity contribution in [2.24, 2.45) is 0 Å². The summed E-state index contributed by atoms with van der Waals surface area (Å²) in [6.07, 6.45) is 1.28. The Labute approximate surface area is 106 Å². The van der Waals surface area contributed by atoms with Gasteiger partial charge in [-0.2, -0.15) is 11.8 Å². The zero-order valence-corrected chi connectivity index (χ0v) is 10.9. The minimum atomic E-state index is 0.736. The summed E-state index contributed by atoms with van der Waals surface area (Å²) in [4.78, 5) is 2.47. The largest absolute Gasteiger partial charge is 0.399 e. The molecule has 2 rings (SSSR count). The van der Waals surface area contributed by atoms with Gasteiger partial charge in [-0.1, -0.05) is 17.7 Å². The summed E-state index contributed by atoms with van der Waals surface area (Å²) in [7, 11) is 0. The number of nitrogens with two attached hydrogens (primary N) is 1. The minimum Gasteiger partial charge on any atom is -0.399 e. The summed E-state index contributed by atoms with van der Waals surface area (Å²) < 4.78 is 0. The van der Waals surface area contributed by atoms with Crippen LogP contribution in [0.15, 0.2) is 18.2 Å². The van der Waals surface area contributed by atoms with E-state index in [-0.39, 0.29) is 0 Å². The molecule has 0 aliphatic carbocycles. The molecule has 4 heteroatoms. The average molecular weight is 257 g/mol. The van der Waals surface area contributed by atoms with Crippen LogP contribution in [0.25, 0.3) is 0 Å². The molecule has 1 heterocycles. The van der Waals surface area contributed by atoms with Crippen LogP contribution in [0.4, 0.5) is 5.69 Å². The Balaban J connectivity index is 2.01. The Morgan fingerprint density at radius 2 is 2.19 bits per heavy atom. The number of hydrogen-bond donors (Lipinski definition) is 1. The van der Waals surface area contributed by atoms with Crippen LogP contribution in [0.3, 0.4) is 0 Å². The fourth-order valence-corrected chi connectivity index (χ4v) is 3.06. The van der Waals surface area contributed by atoms with E-state index in [4.69, 9.17) is 17.3 Å². The fraction of sp³-hybridized carbons (Fsp3) is 0.500. The molecule has 0 unspecified atom stereocenters. The highest BCUT2D eigenvalue weighted by molar-refractivity contribution is 7.99. The van der Waals surface area contributed by atoms with Crippen molar-refractivity contribution >= 4 is 29.1 Å². The molecule has 1 saturated heterocycles. The third-order valence-corrected chi connectivity index (χ3v) is 4.19. The molecule has 0 aromatic heterocycles. The van der Waals surface area contributed by atoms with Crippen LogP contribution >= 0.6 is 23.4 Å². The quantitative estimate of drug-likeness (QED) is 0.825. The highest BCUT2D eigenvalue weighted by Crippen LogP contribution is 2.21. The van der Waals surface area contributed by atoms with E-state index in [0.29, 0.717) is 0 Å². The summed E-state index contributed by atoms with van der Waals surface area (Å²) in [6.45, 7) is 3.28. The molecule has 1 aromatic carbocycles. The standard InChI is InChI=1S/C12H17ClN2S/c13-12-8-11(14)3-2-10(12)9-15-4-1-6-16-7-5-15/h2-3,8H,1,4-7,9,14H2. The number of rotatable bonds is 2. The van der Waals surface area contributed by atoms with Crippen molar-refractivity contribution in [3.63, 3.8) is 0 Å². The van der Waals surface area contributed by atoms with Gasteiger partial charge in [0, 0.05) is 29.6 Å². The monoisotopic (exact) mass is 256 g/mol. The maximum Gasteiger partial charge on any atom is 0.0471 e. The van der Waals surface area contributed by atoms with Crippen molar-refractivity contribution in [2.75, 3.05) is 30.3 Å². The normalized spacial score (nSPS) is 18.3. The lowest BCUT2D eigenvalue weighted by atomic mass is 10.2. The second-order valence-corrected chi connectivity index (χ2v) is 5.72. The Morgan fingerprint density at radius 1 is 1.31 bits per heavy atom. The number of anilines is 1. The van der Waals surface area contributed by atoms with Gasteiger partial charge in [0.15, 0.2) is 0 Å². The number of nitrogens with zero attached hydrogens (tertiary/aromatic N) is 1. The molecule has 1 fully saturated rings. The molecule has 0 amide bonds. The van der Waals surface area contributed by atoms with Crippen LogP contribution in [0.5, 0.6) is 0 Å². The molecule has 1 aromatic rings. The van der Waals surface area contributed by atoms with Gasteiger partial charge in [0.05, 0.1) is 0 Å². The predicted octanol–water partition coefficient (Wildman–Crippen LogP) is 2.86. The number of benzene rings is 1. The van der Waals surface area contributed by atoms with Crippen molar-refractivity contribution < 1.29 is 0 Å². The molecule has 0 radical (unpaired) electrons. The molecule has 88 valence electrons. The third kappa shape index (κ3) is 3.30. The zero-order chi connectivity index (χ0) is 11.4. The van der Waals surface area contributed by atoms with E-state index in [0.717, 1.165) is 23.8 Å². The second kappa shape index (κ2) is 5.80. The average Bonchev–Trinajstić information content (AvgIpc) is 2.51. The van der Waals surface area contributed by atoms with Gasteiger partial charge in [0.25, 0.3) is 0 Å². The molecule has 1 aliphatic rings. The van der Waals surface area contributed by atoms with Crippen LogP contribution in [0.2, 0.25) is 5.02 Å². The highest BCUT2D eigenvalue weighted by atomic mass is 35.5. The van der Waals surface area contributed by atoms with Gasteiger partial charge in [-0.3, -0.25) is 4.90 Å². The lowest BCUT2D eigenvalue weighted by Gasteiger charge is -2.20. The van der Waals surface area contributed by atoms with Crippen molar-refractivity contribution in [3.05, 3.63) is 28.8 Å². The van der Waals surface area contributed by atoms with Gasteiger partial charge < -0.3 is 5.73 Å². The number of halogens is 1. The summed E-state index contributed by atoms with van der Waals surface area (Å²) >= 11 is 8.22. The second-order valence-electron chi connectivity index (χ2n) is 4.09. The van der Waals surface area contributed by atoms with E-state index in [2.05, 4.69) is 4.90 Å². The molecule has 0 spiro atoms. The van der Waals surface area contributed by atoms with Crippen LogP contribution in [0, 0.1) is 0 Å². The smallest absolute Gasteiger partial charge is 0.0471 e. The van der Waals surface area contributed by atoms with Gasteiger partial charge in [-0.25, -0.2) is 0 Å². The number of thioether (sulfide) groups is 1. The summed E-state index contributed by atoms with van der Waals surface area (Å²) in [6, 6.07) is 5.80. The Kier molecular flexibility index (Phi) is 4.38. The van der Waals surface area contributed by atoms with Crippen molar-refractivity contribution in [2.45, 2.75) is 13.0 Å². The fourth-order valence-electron chi connectivity index (χ4n) is 1.89. The zero-order valence-electron chi connectivity index (χ0n) is 9.29. The first-order chi connectivity index (χ1) is 7.75. The van der Waals surface area contributed by atoms with Gasteiger partial charge in [0.1, 0.15) is 0 Å². The third-order valence-electron chi connectivity index (χ3n) is 2.79. The lowest BCUT2D eigenvalue weighted by molar-refractivity contribution is 0.287. The van der Waals surface area contributed by atoms with Crippen LogP contribution in [0.1, 0.15) is 12.0 Å². The van der Waals surface area contributed by atoms with Crippen LogP contribution in [-0.4, -0.2) is 29.5 Å². The van der Waals surface area contributed by atoms with Crippen molar-refractivity contribution in [3.8, 4) is 0 Å². The number of nitrogen functional groups attached to an aromatic ring is 1. The van der Waals surface area contributed by atoms with E-state index < -0.39 is 0 Å². The van der Waals surface area contributed by atoms with E-state index in [1.807, 2.05) is 30.0 Å². The minimum absolute atomic E-state index is 0.736. The lowest BCUT2D eigenvalue weighted by Crippen LogP contribution is -2.25. The molecular formula is C12H17ClN2S. The SMILES string of the molecule is Nc1ccc(CN2CCCSCC2)c(Cl)c1. The molecule has 2 nitrogen and oxygen atoms in total. The first-order valence-corrected chi connectivity index (χ1v) is 7.13. The van der Waals surface area contributed by atoms with Gasteiger partial charge in [0.2, 0.25) is 0 Å². The highest BCUT2D eigenvalue weighted by Gasteiger charge is 2.11. The van der Waals surface area contributed by atoms with E-state index in [1.54, 1.807) is 0 Å². The molecular weight excluding hydrogens is 240 g/mol. The first kappa shape index (κ1) is 12.1. The summed E-state index contributed by atoms with van der Waals surface area (Å²) in [5.74, 6) is 2.51.